The summed E-state index contributed by atoms with van der Waals surface area (Å²) < 4.78 is 0. The molecule has 0 fully saturated rings. The molecule has 0 spiro atoms. The van der Waals surface area contributed by atoms with Crippen LogP contribution in [0.5, 0.6) is 0 Å². The zero-order valence-electron chi connectivity index (χ0n) is 33.2. The van der Waals surface area contributed by atoms with Crippen molar-refractivity contribution in [3.8, 4) is 22.6 Å². The largest absolute Gasteiger partial charge is 4.00 e. The minimum Gasteiger partial charge on any atom is -0.656 e. The van der Waals surface area contributed by atoms with Crippen LogP contribution < -0.4 is 4.98 Å². The molecule has 2 nitrogen and oxygen atoms in total. The molecule has 2 heterocycles. The Morgan fingerprint density at radius 1 is 0.436 bits per heavy atom. The van der Waals surface area contributed by atoms with E-state index in [0.717, 1.165) is 33.8 Å². The van der Waals surface area contributed by atoms with Gasteiger partial charge in [-0.3, -0.25) is 4.98 Å². The monoisotopic (exact) mass is 884 g/mol. The molecular formula is C52H52HfN2. The first-order chi connectivity index (χ1) is 25.8. The van der Waals surface area contributed by atoms with E-state index in [2.05, 4.69) is 122 Å². The third kappa shape index (κ3) is 12.1. The quantitative estimate of drug-likeness (QED) is 0.0982. The number of fused-ring (bicyclic) bond motifs is 2. The molecule has 8 aromatic rings. The van der Waals surface area contributed by atoms with E-state index in [0.29, 0.717) is 0 Å². The molecule has 8 rings (SSSR count). The molecule has 0 saturated heterocycles. The van der Waals surface area contributed by atoms with Crippen LogP contribution in [0.25, 0.3) is 44.2 Å². The Hall–Kier alpha value is -5.25. The molecule has 0 aliphatic carbocycles. The predicted molar refractivity (Wildman–Crippen MR) is 234 cm³/mol. The first-order valence-corrected chi connectivity index (χ1v) is 18.5. The van der Waals surface area contributed by atoms with Crippen LogP contribution in [-0.4, -0.2) is 4.98 Å². The third-order valence-corrected chi connectivity index (χ3v) is 9.04. The van der Waals surface area contributed by atoms with Gasteiger partial charge < -0.3 is 4.98 Å². The molecule has 0 unspecified atom stereocenters. The summed E-state index contributed by atoms with van der Waals surface area (Å²) in [7, 11) is 0. The van der Waals surface area contributed by atoms with Crippen LogP contribution in [-0.2, 0) is 36.7 Å². The van der Waals surface area contributed by atoms with Gasteiger partial charge in [-0.05, 0) is 67.3 Å². The third-order valence-electron chi connectivity index (χ3n) is 9.04. The van der Waals surface area contributed by atoms with E-state index in [1.165, 1.54) is 38.2 Å². The van der Waals surface area contributed by atoms with Crippen molar-refractivity contribution in [2.75, 3.05) is 0 Å². The standard InChI is InChI=1S/C31H31N2.3C7H7.Hf/c1-30(2,3)22-12-10-20-17-21-11-13-23(31(4,5)6)19-25(21)29(24(20)18-22)28-15-14-27(33-28)26-9-7-8-16-32-26;3*1-7-5-3-2-4-6-7;/h7-19H,1-6H3;3*2-6H,1H2;/q4*-1;+4. The Labute approximate surface area is 348 Å². The number of benzene rings is 6. The van der Waals surface area contributed by atoms with Crippen molar-refractivity contribution >= 4 is 21.5 Å². The van der Waals surface area contributed by atoms with Crippen LogP contribution in [0.2, 0.25) is 0 Å². The number of hydrogen-bond donors (Lipinski definition) is 0. The van der Waals surface area contributed by atoms with E-state index in [1.54, 1.807) is 0 Å². The Bertz CT molecular complexity index is 2190. The summed E-state index contributed by atoms with van der Waals surface area (Å²) in [5.41, 5.74) is 10.1. The van der Waals surface area contributed by atoms with Gasteiger partial charge in [0.1, 0.15) is 0 Å². The summed E-state index contributed by atoms with van der Waals surface area (Å²) >= 11 is 0. The Balaban J connectivity index is 0.000000246. The maximum absolute atomic E-state index is 5.07. The second-order valence-corrected chi connectivity index (χ2v) is 15.5. The van der Waals surface area contributed by atoms with Crippen LogP contribution in [0.15, 0.2) is 170 Å². The van der Waals surface area contributed by atoms with Crippen LogP contribution in [0, 0.1) is 20.8 Å². The van der Waals surface area contributed by atoms with E-state index in [9.17, 15) is 0 Å². The molecule has 0 bridgehead atoms. The summed E-state index contributed by atoms with van der Waals surface area (Å²) in [6.45, 7) is 24.8. The number of hydrogen-bond acceptors (Lipinski definition) is 1. The van der Waals surface area contributed by atoms with Gasteiger partial charge in [0, 0.05) is 11.9 Å². The average Bonchev–Trinajstić information content (AvgIpc) is 3.65. The first-order valence-electron chi connectivity index (χ1n) is 18.5. The van der Waals surface area contributed by atoms with Crippen molar-refractivity contribution in [2.24, 2.45) is 0 Å². The summed E-state index contributed by atoms with van der Waals surface area (Å²) in [6.07, 6.45) is 1.82. The molecule has 0 amide bonds. The van der Waals surface area contributed by atoms with Crippen LogP contribution in [0.1, 0.15) is 69.4 Å². The second-order valence-electron chi connectivity index (χ2n) is 15.5. The molecule has 2 aromatic heterocycles. The van der Waals surface area contributed by atoms with Gasteiger partial charge in [-0.25, -0.2) is 0 Å². The van der Waals surface area contributed by atoms with E-state index < -0.39 is 0 Å². The van der Waals surface area contributed by atoms with E-state index in [1.807, 2.05) is 115 Å². The molecule has 0 atom stereocenters. The Morgan fingerprint density at radius 3 is 1.18 bits per heavy atom. The van der Waals surface area contributed by atoms with Crippen LogP contribution >= 0.6 is 0 Å². The zero-order valence-corrected chi connectivity index (χ0v) is 36.8. The van der Waals surface area contributed by atoms with Gasteiger partial charge in [0.05, 0.1) is 0 Å². The molecule has 0 aliphatic rings. The molecular weight excluding hydrogens is 831 g/mol. The fourth-order valence-electron chi connectivity index (χ4n) is 5.91. The normalized spacial score (nSPS) is 10.8. The van der Waals surface area contributed by atoms with Gasteiger partial charge in [-0.1, -0.05) is 114 Å². The summed E-state index contributed by atoms with van der Waals surface area (Å²) in [5, 5.41) is 5.01. The predicted octanol–water partition coefficient (Wildman–Crippen LogP) is 13.9. The Morgan fingerprint density at radius 2 is 0.836 bits per heavy atom. The topological polar surface area (TPSA) is 27.0 Å². The van der Waals surface area contributed by atoms with Gasteiger partial charge in [-0.2, -0.15) is 73.9 Å². The Kier molecular flexibility index (Phi) is 15.0. The van der Waals surface area contributed by atoms with Crippen molar-refractivity contribution in [3.63, 3.8) is 0 Å². The SMILES string of the molecule is CC(C)(C)c1ccc2cc3ccc(C(C)(C)C)cc3c(-c3ccc(-c4ccccn4)[n-]3)c2c1.[CH2-]c1ccccc1.[CH2-]c1ccccc1.[CH2-]c1ccccc1.[Hf+4]. The fraction of sp³-hybridized carbons (Fsp3) is 0.154. The molecule has 274 valence electrons. The number of aromatic nitrogens is 2. The summed E-state index contributed by atoms with van der Waals surface area (Å²) in [5.74, 6) is 0. The van der Waals surface area contributed by atoms with Gasteiger partial charge in [0.15, 0.2) is 0 Å². The number of nitrogens with zero attached hydrogens (tertiary/aromatic N) is 2. The van der Waals surface area contributed by atoms with E-state index >= 15 is 0 Å². The van der Waals surface area contributed by atoms with Crippen molar-refractivity contribution in [2.45, 2.75) is 52.4 Å². The van der Waals surface area contributed by atoms with Gasteiger partial charge in [0.25, 0.3) is 0 Å². The average molecular weight is 883 g/mol. The maximum Gasteiger partial charge on any atom is 4.00 e. The minimum absolute atomic E-state index is 0. The van der Waals surface area contributed by atoms with E-state index in [4.69, 9.17) is 4.98 Å². The van der Waals surface area contributed by atoms with Gasteiger partial charge in [0.2, 0.25) is 0 Å². The van der Waals surface area contributed by atoms with Crippen molar-refractivity contribution in [3.05, 3.63) is 219 Å². The van der Waals surface area contributed by atoms with Crippen LogP contribution in [0.3, 0.4) is 0 Å². The molecule has 3 heteroatoms. The smallest absolute Gasteiger partial charge is 0.656 e. The number of pyridine rings is 1. The van der Waals surface area contributed by atoms with Crippen molar-refractivity contribution in [1.82, 2.24) is 9.97 Å². The van der Waals surface area contributed by atoms with Gasteiger partial charge in [-0.15, -0.1) is 47.8 Å². The van der Waals surface area contributed by atoms with Crippen molar-refractivity contribution in [1.29, 1.82) is 0 Å². The number of rotatable bonds is 2. The summed E-state index contributed by atoms with van der Waals surface area (Å²) in [4.78, 5) is 9.58. The zero-order chi connectivity index (χ0) is 38.7. The minimum atomic E-state index is 0. The van der Waals surface area contributed by atoms with Crippen molar-refractivity contribution < 1.29 is 25.8 Å². The molecule has 0 saturated carbocycles. The fourth-order valence-corrected chi connectivity index (χ4v) is 5.91. The molecule has 55 heavy (non-hydrogen) atoms. The molecule has 0 aliphatic heterocycles. The molecule has 0 radical (unpaired) electrons. The second kappa shape index (κ2) is 19.4. The van der Waals surface area contributed by atoms with E-state index in [-0.39, 0.29) is 36.7 Å². The van der Waals surface area contributed by atoms with Crippen LogP contribution in [0.4, 0.5) is 0 Å². The first kappa shape index (κ1) is 42.5. The summed E-state index contributed by atoms with van der Waals surface area (Å²) in [6, 6.07) is 55.9. The maximum atomic E-state index is 5.07. The molecule has 0 N–H and O–H groups in total. The van der Waals surface area contributed by atoms with Gasteiger partial charge >= 0.3 is 25.8 Å². The molecule has 6 aromatic carbocycles.